The van der Waals surface area contributed by atoms with Gasteiger partial charge in [-0.3, -0.25) is 4.79 Å². The number of carbonyl (C=O) groups excluding carboxylic acids is 1. The molecule has 192 valence electrons. The predicted octanol–water partition coefficient (Wildman–Crippen LogP) is 8.29. The number of hydrogen-bond acceptors (Lipinski definition) is 2. The SMILES string of the molecule is O=C(C[n+]1ccn(CC(OCc2ccc(Cl)cc2Cl)c2ccc(Cl)cc2Cl)c1)Nc1ccc(Cl)cc1Cl. The monoisotopic (exact) mass is 616 g/mol. The van der Waals surface area contributed by atoms with E-state index in [1.165, 1.54) is 0 Å². The average molecular weight is 619 g/mol. The molecule has 4 aromatic rings. The van der Waals surface area contributed by atoms with Crippen LogP contribution >= 0.6 is 69.6 Å². The van der Waals surface area contributed by atoms with Gasteiger partial charge < -0.3 is 10.1 Å². The number of aromatic nitrogens is 2. The van der Waals surface area contributed by atoms with E-state index in [-0.39, 0.29) is 19.1 Å². The van der Waals surface area contributed by atoms with Gasteiger partial charge >= 0.3 is 0 Å². The Morgan fingerprint density at radius 3 is 2.19 bits per heavy atom. The van der Waals surface area contributed by atoms with Crippen LogP contribution in [0.1, 0.15) is 17.2 Å². The highest BCUT2D eigenvalue weighted by molar-refractivity contribution is 6.37. The molecule has 0 spiro atoms. The number of nitrogens with zero attached hydrogens (tertiary/aromatic N) is 2. The minimum Gasteiger partial charge on any atom is -0.365 e. The van der Waals surface area contributed by atoms with Gasteiger partial charge in [0.2, 0.25) is 6.33 Å². The number of hydrogen-bond donors (Lipinski definition) is 1. The molecule has 5 nitrogen and oxygen atoms in total. The summed E-state index contributed by atoms with van der Waals surface area (Å²) in [6, 6.07) is 15.4. The van der Waals surface area contributed by atoms with Crippen molar-refractivity contribution in [3.8, 4) is 0 Å². The number of rotatable bonds is 9. The summed E-state index contributed by atoms with van der Waals surface area (Å²) in [4.78, 5) is 12.6. The lowest BCUT2D eigenvalue weighted by Gasteiger charge is -2.19. The molecule has 1 amide bonds. The number of halogens is 6. The van der Waals surface area contributed by atoms with Crippen molar-refractivity contribution in [1.29, 1.82) is 0 Å². The second-order valence-electron chi connectivity index (χ2n) is 8.16. The molecule has 0 saturated heterocycles. The smallest absolute Gasteiger partial charge is 0.266 e. The average Bonchev–Trinajstić information content (AvgIpc) is 3.26. The number of benzene rings is 3. The Morgan fingerprint density at radius 2 is 1.51 bits per heavy atom. The molecule has 37 heavy (non-hydrogen) atoms. The Bertz CT molecular complexity index is 1430. The second-order valence-corrected chi connectivity index (χ2v) is 10.7. The molecule has 11 heteroatoms. The lowest BCUT2D eigenvalue weighted by molar-refractivity contribution is -0.683. The molecule has 0 radical (unpaired) electrons. The van der Waals surface area contributed by atoms with Crippen molar-refractivity contribution < 1.29 is 14.1 Å². The third kappa shape index (κ3) is 7.78. The number of imidazole rings is 1. The van der Waals surface area contributed by atoms with E-state index in [9.17, 15) is 4.79 Å². The van der Waals surface area contributed by atoms with Crippen LogP contribution < -0.4 is 9.88 Å². The minimum absolute atomic E-state index is 0.0829. The topological polar surface area (TPSA) is 47.1 Å². The Hall–Kier alpha value is -1.96. The van der Waals surface area contributed by atoms with Gasteiger partial charge in [0.05, 0.1) is 17.3 Å². The van der Waals surface area contributed by atoms with E-state index >= 15 is 0 Å². The summed E-state index contributed by atoms with van der Waals surface area (Å²) in [6.45, 7) is 0.745. The van der Waals surface area contributed by atoms with E-state index in [0.717, 1.165) is 11.1 Å². The first-order valence-corrected chi connectivity index (χ1v) is 13.2. The number of amides is 1. The van der Waals surface area contributed by atoms with Crippen molar-refractivity contribution >= 4 is 81.2 Å². The summed E-state index contributed by atoms with van der Waals surface area (Å²) >= 11 is 37.0. The van der Waals surface area contributed by atoms with Crippen LogP contribution in [0.25, 0.3) is 0 Å². The fourth-order valence-electron chi connectivity index (χ4n) is 3.61. The summed E-state index contributed by atoms with van der Waals surface area (Å²) < 4.78 is 9.91. The Balaban J connectivity index is 1.47. The highest BCUT2D eigenvalue weighted by Crippen LogP contribution is 2.31. The van der Waals surface area contributed by atoms with E-state index in [2.05, 4.69) is 5.32 Å². The molecule has 1 N–H and O–H groups in total. The third-order valence-electron chi connectivity index (χ3n) is 5.42. The first-order chi connectivity index (χ1) is 17.7. The summed E-state index contributed by atoms with van der Waals surface area (Å²) in [5, 5.41) is 5.71. The molecule has 3 aromatic carbocycles. The lowest BCUT2D eigenvalue weighted by Crippen LogP contribution is -2.38. The molecule has 0 bridgehead atoms. The summed E-state index contributed by atoms with van der Waals surface area (Å²) in [6.07, 6.45) is 5.01. The predicted molar refractivity (Wildman–Crippen MR) is 150 cm³/mol. The molecule has 1 unspecified atom stereocenters. The van der Waals surface area contributed by atoms with Crippen molar-refractivity contribution in [1.82, 2.24) is 4.57 Å². The zero-order valence-corrected chi connectivity index (χ0v) is 23.6. The van der Waals surface area contributed by atoms with E-state index in [1.54, 1.807) is 59.6 Å². The number of nitrogens with one attached hydrogen (secondary N) is 1. The van der Waals surface area contributed by atoms with Crippen LogP contribution in [-0.4, -0.2) is 10.5 Å². The van der Waals surface area contributed by atoms with E-state index in [0.29, 0.717) is 42.4 Å². The first kappa shape index (κ1) is 28.1. The van der Waals surface area contributed by atoms with Gasteiger partial charge in [-0.15, -0.1) is 0 Å². The van der Waals surface area contributed by atoms with Crippen LogP contribution in [0.2, 0.25) is 30.1 Å². The molecule has 0 saturated carbocycles. The van der Waals surface area contributed by atoms with Gasteiger partial charge in [-0.25, -0.2) is 9.13 Å². The largest absolute Gasteiger partial charge is 0.365 e. The quantitative estimate of drug-likeness (QED) is 0.192. The Morgan fingerprint density at radius 1 is 0.865 bits per heavy atom. The van der Waals surface area contributed by atoms with Crippen molar-refractivity contribution in [2.45, 2.75) is 25.8 Å². The van der Waals surface area contributed by atoms with Crippen molar-refractivity contribution in [3.05, 3.63) is 115 Å². The van der Waals surface area contributed by atoms with Gasteiger partial charge in [-0.05, 0) is 48.0 Å². The van der Waals surface area contributed by atoms with Crippen molar-refractivity contribution in [2.24, 2.45) is 0 Å². The fraction of sp³-hybridized carbons (Fsp3) is 0.154. The number of anilines is 1. The van der Waals surface area contributed by atoms with Crippen LogP contribution in [-0.2, 0) is 29.2 Å². The summed E-state index contributed by atoms with van der Waals surface area (Å²) in [5.41, 5.74) is 2.05. The van der Waals surface area contributed by atoms with Gasteiger partial charge in [0, 0.05) is 30.7 Å². The number of carbonyl (C=O) groups is 1. The zero-order chi connectivity index (χ0) is 26.5. The van der Waals surface area contributed by atoms with E-state index < -0.39 is 6.10 Å². The molecular weight excluding hydrogens is 599 g/mol. The summed E-state index contributed by atoms with van der Waals surface area (Å²) in [7, 11) is 0. The Labute approximate surface area is 244 Å². The molecular formula is C26H20Cl6N3O2+. The zero-order valence-electron chi connectivity index (χ0n) is 19.1. The standard InChI is InChI=1S/C26H19Cl6N3O2/c27-17-2-1-16(21(30)9-17)14-37-25(20-5-3-18(28)10-22(20)31)12-34-7-8-35(15-34)13-26(36)33-24-6-4-19(29)11-23(24)32/h1-11,15,25H,12-14H2/p+1. The van der Waals surface area contributed by atoms with Crippen LogP contribution in [0.15, 0.2) is 73.3 Å². The van der Waals surface area contributed by atoms with Crippen LogP contribution in [0.3, 0.4) is 0 Å². The number of ether oxygens (including phenoxy) is 1. The third-order valence-corrected chi connectivity index (χ3v) is 7.12. The van der Waals surface area contributed by atoms with Gasteiger partial charge in [-0.2, -0.15) is 0 Å². The van der Waals surface area contributed by atoms with Crippen LogP contribution in [0, 0.1) is 0 Å². The molecule has 1 atom stereocenters. The lowest BCUT2D eigenvalue weighted by atomic mass is 10.1. The molecule has 0 aliphatic rings. The molecule has 1 heterocycles. The molecule has 0 aliphatic heterocycles. The van der Waals surface area contributed by atoms with Gasteiger partial charge in [0.1, 0.15) is 25.0 Å². The van der Waals surface area contributed by atoms with Crippen molar-refractivity contribution in [2.75, 3.05) is 5.32 Å². The Kier molecular flexibility index (Phi) is 9.65. The van der Waals surface area contributed by atoms with E-state index in [4.69, 9.17) is 74.3 Å². The molecule has 4 rings (SSSR count). The highest BCUT2D eigenvalue weighted by atomic mass is 35.5. The normalized spacial score (nSPS) is 11.9. The maximum atomic E-state index is 12.6. The minimum atomic E-state index is -0.431. The molecule has 0 fully saturated rings. The fourth-order valence-corrected chi connectivity index (χ4v) is 5.06. The van der Waals surface area contributed by atoms with Gasteiger partial charge in [-0.1, -0.05) is 81.7 Å². The second kappa shape index (κ2) is 12.7. The van der Waals surface area contributed by atoms with Crippen molar-refractivity contribution in [3.63, 3.8) is 0 Å². The maximum Gasteiger partial charge on any atom is 0.266 e. The highest BCUT2D eigenvalue weighted by Gasteiger charge is 2.21. The summed E-state index contributed by atoms with van der Waals surface area (Å²) in [5.74, 6) is -0.238. The molecule has 1 aromatic heterocycles. The first-order valence-electron chi connectivity index (χ1n) is 11.0. The van der Waals surface area contributed by atoms with Crippen LogP contribution in [0.5, 0.6) is 0 Å². The maximum absolute atomic E-state index is 12.6. The van der Waals surface area contributed by atoms with Gasteiger partial charge in [0.15, 0.2) is 6.54 Å². The van der Waals surface area contributed by atoms with Crippen LogP contribution in [0.4, 0.5) is 5.69 Å². The van der Waals surface area contributed by atoms with E-state index in [1.807, 2.05) is 22.9 Å². The van der Waals surface area contributed by atoms with Gasteiger partial charge in [0.25, 0.3) is 5.91 Å². The molecule has 0 aliphatic carbocycles.